The SMILES string of the molecule is CCC(CC)NCCOCCCl. The van der Waals surface area contributed by atoms with Gasteiger partial charge in [-0.15, -0.1) is 11.6 Å². The molecule has 1 N–H and O–H groups in total. The minimum atomic E-state index is 0.588. The molecular weight excluding hydrogens is 174 g/mol. The molecule has 0 aliphatic carbocycles. The number of rotatable bonds is 8. The summed E-state index contributed by atoms with van der Waals surface area (Å²) in [4.78, 5) is 0. The van der Waals surface area contributed by atoms with Crippen molar-refractivity contribution in [1.82, 2.24) is 5.32 Å². The standard InChI is InChI=1S/C9H20ClNO/c1-3-9(4-2)11-6-8-12-7-5-10/h9,11H,3-8H2,1-2H3. The molecule has 0 aromatic carbocycles. The molecule has 74 valence electrons. The van der Waals surface area contributed by atoms with Crippen LogP contribution in [-0.2, 0) is 4.74 Å². The molecule has 0 bridgehead atoms. The fourth-order valence-corrected chi connectivity index (χ4v) is 1.18. The largest absolute Gasteiger partial charge is 0.379 e. The van der Waals surface area contributed by atoms with Crippen LogP contribution in [0.15, 0.2) is 0 Å². The molecule has 0 aliphatic heterocycles. The smallest absolute Gasteiger partial charge is 0.0602 e. The van der Waals surface area contributed by atoms with Gasteiger partial charge in [-0.25, -0.2) is 0 Å². The van der Waals surface area contributed by atoms with E-state index in [1.807, 2.05) is 0 Å². The first kappa shape index (κ1) is 12.2. The Bertz CT molecular complexity index is 86.6. The van der Waals surface area contributed by atoms with Crippen LogP contribution in [0.2, 0.25) is 0 Å². The number of ether oxygens (including phenoxy) is 1. The molecule has 0 aliphatic rings. The molecule has 0 amide bonds. The number of nitrogens with one attached hydrogen (secondary N) is 1. The van der Waals surface area contributed by atoms with E-state index in [-0.39, 0.29) is 0 Å². The maximum absolute atomic E-state index is 5.45. The number of halogens is 1. The lowest BCUT2D eigenvalue weighted by molar-refractivity contribution is 0.148. The average molecular weight is 194 g/mol. The van der Waals surface area contributed by atoms with Crippen LogP contribution in [-0.4, -0.2) is 31.7 Å². The van der Waals surface area contributed by atoms with Crippen LogP contribution in [0, 0.1) is 0 Å². The molecule has 3 heteroatoms. The monoisotopic (exact) mass is 193 g/mol. The minimum Gasteiger partial charge on any atom is -0.379 e. The first-order valence-corrected chi connectivity index (χ1v) is 5.25. The third kappa shape index (κ3) is 6.89. The van der Waals surface area contributed by atoms with E-state index in [9.17, 15) is 0 Å². The molecule has 0 spiro atoms. The second kappa shape index (κ2) is 9.30. The van der Waals surface area contributed by atoms with Crippen molar-refractivity contribution in [2.24, 2.45) is 0 Å². The Morgan fingerprint density at radius 2 is 1.92 bits per heavy atom. The normalized spacial score (nSPS) is 11.0. The van der Waals surface area contributed by atoms with E-state index < -0.39 is 0 Å². The Balaban J connectivity index is 3.06. The zero-order valence-electron chi connectivity index (χ0n) is 8.11. The predicted molar refractivity (Wildman–Crippen MR) is 53.9 cm³/mol. The molecule has 0 aromatic heterocycles. The third-order valence-corrected chi connectivity index (χ3v) is 2.04. The lowest BCUT2D eigenvalue weighted by atomic mass is 10.2. The van der Waals surface area contributed by atoms with Crippen LogP contribution in [0.5, 0.6) is 0 Å². The molecule has 12 heavy (non-hydrogen) atoms. The average Bonchev–Trinajstić information content (AvgIpc) is 2.11. The Hall–Kier alpha value is 0.210. The van der Waals surface area contributed by atoms with Crippen LogP contribution in [0.3, 0.4) is 0 Å². The highest BCUT2D eigenvalue weighted by Crippen LogP contribution is 1.94. The molecule has 0 radical (unpaired) electrons. The second-order valence-electron chi connectivity index (χ2n) is 2.77. The molecule has 0 fully saturated rings. The summed E-state index contributed by atoms with van der Waals surface area (Å²) in [5.41, 5.74) is 0. The molecule has 0 atom stereocenters. The van der Waals surface area contributed by atoms with Gasteiger partial charge < -0.3 is 10.1 Å². The molecule has 2 nitrogen and oxygen atoms in total. The number of hydrogen-bond acceptors (Lipinski definition) is 2. The van der Waals surface area contributed by atoms with Crippen molar-refractivity contribution in [3.8, 4) is 0 Å². The van der Waals surface area contributed by atoms with E-state index in [1.165, 1.54) is 12.8 Å². The van der Waals surface area contributed by atoms with E-state index in [0.717, 1.165) is 13.2 Å². The Morgan fingerprint density at radius 1 is 1.25 bits per heavy atom. The van der Waals surface area contributed by atoms with Crippen LogP contribution in [0.4, 0.5) is 0 Å². The Kier molecular flexibility index (Phi) is 9.46. The summed E-state index contributed by atoms with van der Waals surface area (Å²) >= 11 is 5.45. The second-order valence-corrected chi connectivity index (χ2v) is 3.15. The molecule has 0 saturated heterocycles. The highest BCUT2D eigenvalue weighted by Gasteiger charge is 1.99. The van der Waals surface area contributed by atoms with Crippen LogP contribution in [0.25, 0.3) is 0 Å². The molecule has 0 saturated carbocycles. The van der Waals surface area contributed by atoms with Crippen molar-refractivity contribution >= 4 is 11.6 Å². The predicted octanol–water partition coefficient (Wildman–Crippen LogP) is 2.02. The quantitative estimate of drug-likeness (QED) is 0.471. The zero-order valence-corrected chi connectivity index (χ0v) is 8.86. The molecule has 0 rings (SSSR count). The van der Waals surface area contributed by atoms with Crippen LogP contribution >= 0.6 is 11.6 Å². The van der Waals surface area contributed by atoms with Gasteiger partial charge in [-0.3, -0.25) is 0 Å². The fraction of sp³-hybridized carbons (Fsp3) is 1.00. The van der Waals surface area contributed by atoms with Crippen molar-refractivity contribution in [1.29, 1.82) is 0 Å². The van der Waals surface area contributed by atoms with Gasteiger partial charge in [0.1, 0.15) is 0 Å². The summed E-state index contributed by atoms with van der Waals surface area (Å²) in [5.74, 6) is 0.588. The van der Waals surface area contributed by atoms with Crippen molar-refractivity contribution < 1.29 is 4.74 Å². The maximum atomic E-state index is 5.45. The first-order valence-electron chi connectivity index (χ1n) is 4.72. The van der Waals surface area contributed by atoms with E-state index in [4.69, 9.17) is 16.3 Å². The number of alkyl halides is 1. The Morgan fingerprint density at radius 3 is 2.42 bits per heavy atom. The summed E-state index contributed by atoms with van der Waals surface area (Å²) in [6.07, 6.45) is 2.37. The molecule has 0 aromatic rings. The number of hydrogen-bond donors (Lipinski definition) is 1. The molecular formula is C9H20ClNO. The van der Waals surface area contributed by atoms with Crippen LogP contribution < -0.4 is 5.32 Å². The van der Waals surface area contributed by atoms with Gasteiger partial charge in [0, 0.05) is 18.5 Å². The summed E-state index contributed by atoms with van der Waals surface area (Å²) in [6.45, 7) is 6.75. The highest BCUT2D eigenvalue weighted by molar-refractivity contribution is 6.17. The van der Waals surface area contributed by atoms with Crippen molar-refractivity contribution in [3.05, 3.63) is 0 Å². The van der Waals surface area contributed by atoms with E-state index >= 15 is 0 Å². The van der Waals surface area contributed by atoms with Gasteiger partial charge in [-0.2, -0.15) is 0 Å². The van der Waals surface area contributed by atoms with Gasteiger partial charge in [-0.05, 0) is 12.8 Å². The summed E-state index contributed by atoms with van der Waals surface area (Å²) in [7, 11) is 0. The fourth-order valence-electron chi connectivity index (χ4n) is 1.07. The lowest BCUT2D eigenvalue weighted by Crippen LogP contribution is -2.30. The minimum absolute atomic E-state index is 0.588. The molecule has 0 heterocycles. The summed E-state index contributed by atoms with van der Waals surface area (Å²) in [6, 6.07) is 0.643. The van der Waals surface area contributed by atoms with Crippen molar-refractivity contribution in [2.75, 3.05) is 25.6 Å². The van der Waals surface area contributed by atoms with E-state index in [2.05, 4.69) is 19.2 Å². The highest BCUT2D eigenvalue weighted by atomic mass is 35.5. The maximum Gasteiger partial charge on any atom is 0.0602 e. The van der Waals surface area contributed by atoms with Gasteiger partial charge in [-0.1, -0.05) is 13.8 Å². The van der Waals surface area contributed by atoms with Crippen LogP contribution in [0.1, 0.15) is 26.7 Å². The van der Waals surface area contributed by atoms with E-state index in [1.54, 1.807) is 0 Å². The van der Waals surface area contributed by atoms with Crippen molar-refractivity contribution in [3.63, 3.8) is 0 Å². The lowest BCUT2D eigenvalue weighted by Gasteiger charge is -2.14. The summed E-state index contributed by atoms with van der Waals surface area (Å²) < 4.78 is 5.23. The van der Waals surface area contributed by atoms with E-state index in [0.29, 0.717) is 18.5 Å². The van der Waals surface area contributed by atoms with Gasteiger partial charge in [0.2, 0.25) is 0 Å². The summed E-state index contributed by atoms with van der Waals surface area (Å²) in [5, 5.41) is 3.41. The first-order chi connectivity index (χ1) is 5.85. The van der Waals surface area contributed by atoms with Crippen molar-refractivity contribution in [2.45, 2.75) is 32.7 Å². The molecule has 0 unspecified atom stereocenters. The topological polar surface area (TPSA) is 21.3 Å². The van der Waals surface area contributed by atoms with Gasteiger partial charge in [0.05, 0.1) is 13.2 Å². The zero-order chi connectivity index (χ0) is 9.23. The van der Waals surface area contributed by atoms with Gasteiger partial charge in [0.25, 0.3) is 0 Å². The van der Waals surface area contributed by atoms with Gasteiger partial charge in [0.15, 0.2) is 0 Å². The third-order valence-electron chi connectivity index (χ3n) is 1.89. The van der Waals surface area contributed by atoms with Gasteiger partial charge >= 0.3 is 0 Å². The Labute approximate surface area is 80.6 Å².